The van der Waals surface area contributed by atoms with Crippen molar-refractivity contribution in [2.75, 3.05) is 18.5 Å². The van der Waals surface area contributed by atoms with E-state index < -0.39 is 11.6 Å². The Labute approximate surface area is 126 Å². The minimum absolute atomic E-state index is 0.237. The zero-order valence-electron chi connectivity index (χ0n) is 11.7. The molecule has 1 atom stereocenters. The molecule has 3 nitrogen and oxygen atoms in total. The molecule has 21 heavy (non-hydrogen) atoms. The molecule has 1 aromatic carbocycles. The lowest BCUT2D eigenvalue weighted by atomic mass is 10.1. The lowest BCUT2D eigenvalue weighted by Gasteiger charge is -2.09. The molecular weight excluding hydrogens is 294 g/mol. The fourth-order valence-corrected chi connectivity index (χ4v) is 3.23. The van der Waals surface area contributed by atoms with Gasteiger partial charge in [-0.2, -0.15) is 0 Å². The average Bonchev–Trinajstić information content (AvgIpc) is 3.09. The molecule has 0 bridgehead atoms. The van der Waals surface area contributed by atoms with E-state index in [-0.39, 0.29) is 6.10 Å². The molecule has 0 radical (unpaired) electrons. The monoisotopic (exact) mass is 310 g/mol. The van der Waals surface area contributed by atoms with Crippen molar-refractivity contribution < 1.29 is 13.5 Å². The molecule has 0 saturated carbocycles. The maximum absolute atomic E-state index is 13.3. The molecule has 0 amide bonds. The molecule has 1 aliphatic heterocycles. The number of thiazole rings is 1. The summed E-state index contributed by atoms with van der Waals surface area (Å²) in [6.45, 7) is 3.47. The highest BCUT2D eigenvalue weighted by Crippen LogP contribution is 2.31. The average molecular weight is 310 g/mol. The van der Waals surface area contributed by atoms with Gasteiger partial charge in [0.1, 0.15) is 0 Å². The Morgan fingerprint density at radius 3 is 2.95 bits per heavy atom. The first-order valence-corrected chi connectivity index (χ1v) is 7.73. The molecule has 112 valence electrons. The molecule has 2 aromatic rings. The van der Waals surface area contributed by atoms with Crippen LogP contribution in [-0.2, 0) is 4.74 Å². The third kappa shape index (κ3) is 3.22. The van der Waals surface area contributed by atoms with Crippen LogP contribution in [0.1, 0.15) is 17.7 Å². The van der Waals surface area contributed by atoms with Crippen molar-refractivity contribution in [3.8, 4) is 11.3 Å². The molecule has 1 saturated heterocycles. The number of anilines is 1. The minimum atomic E-state index is -0.853. The van der Waals surface area contributed by atoms with Crippen LogP contribution in [0.25, 0.3) is 11.3 Å². The van der Waals surface area contributed by atoms with E-state index in [4.69, 9.17) is 4.74 Å². The summed E-state index contributed by atoms with van der Waals surface area (Å²) in [7, 11) is 0. The second-order valence-electron chi connectivity index (χ2n) is 5.07. The van der Waals surface area contributed by atoms with E-state index in [2.05, 4.69) is 10.3 Å². The predicted octanol–water partition coefficient (Wildman–Crippen LogP) is 3.99. The Morgan fingerprint density at radius 1 is 1.38 bits per heavy atom. The van der Waals surface area contributed by atoms with Gasteiger partial charge in [0.25, 0.3) is 0 Å². The fraction of sp³-hybridized carbons (Fsp3) is 0.400. The van der Waals surface area contributed by atoms with Gasteiger partial charge in [0.05, 0.1) is 11.8 Å². The van der Waals surface area contributed by atoms with E-state index in [0.717, 1.165) is 42.1 Å². The Balaban J connectivity index is 1.75. The Kier molecular flexibility index (Phi) is 4.17. The highest BCUT2D eigenvalue weighted by molar-refractivity contribution is 7.16. The molecule has 2 heterocycles. The summed E-state index contributed by atoms with van der Waals surface area (Å²) in [6.07, 6.45) is 2.40. The SMILES string of the molecule is Cc1sc(NC[C@H]2CCCO2)nc1-c1ccc(F)c(F)c1. The van der Waals surface area contributed by atoms with Gasteiger partial charge in [0, 0.05) is 23.6 Å². The molecule has 1 aromatic heterocycles. The molecule has 3 rings (SSSR count). The minimum Gasteiger partial charge on any atom is -0.376 e. The number of aryl methyl sites for hydroxylation is 1. The number of hydrogen-bond donors (Lipinski definition) is 1. The van der Waals surface area contributed by atoms with Crippen molar-refractivity contribution in [1.29, 1.82) is 0 Å². The van der Waals surface area contributed by atoms with Gasteiger partial charge in [0.15, 0.2) is 16.8 Å². The van der Waals surface area contributed by atoms with Gasteiger partial charge < -0.3 is 10.1 Å². The molecular formula is C15H16F2N2OS. The van der Waals surface area contributed by atoms with Crippen molar-refractivity contribution in [1.82, 2.24) is 4.98 Å². The number of rotatable bonds is 4. The first-order valence-electron chi connectivity index (χ1n) is 6.92. The van der Waals surface area contributed by atoms with Gasteiger partial charge >= 0.3 is 0 Å². The summed E-state index contributed by atoms with van der Waals surface area (Å²) in [4.78, 5) is 5.44. The Bertz CT molecular complexity index is 639. The third-order valence-electron chi connectivity index (χ3n) is 3.49. The summed E-state index contributed by atoms with van der Waals surface area (Å²) >= 11 is 1.51. The zero-order valence-corrected chi connectivity index (χ0v) is 12.5. The number of benzene rings is 1. The van der Waals surface area contributed by atoms with Crippen LogP contribution < -0.4 is 5.32 Å². The lowest BCUT2D eigenvalue weighted by molar-refractivity contribution is 0.120. The standard InChI is InChI=1S/C15H16F2N2OS/c1-9-14(10-4-5-12(16)13(17)7-10)19-15(21-9)18-8-11-3-2-6-20-11/h4-5,7,11H,2-3,6,8H2,1H3,(H,18,19)/t11-/m1/s1. The number of aromatic nitrogens is 1. The summed E-state index contributed by atoms with van der Waals surface area (Å²) < 4.78 is 31.9. The van der Waals surface area contributed by atoms with Crippen molar-refractivity contribution >= 4 is 16.5 Å². The van der Waals surface area contributed by atoms with Gasteiger partial charge in [-0.1, -0.05) is 0 Å². The molecule has 0 spiro atoms. The van der Waals surface area contributed by atoms with E-state index in [1.54, 1.807) is 6.07 Å². The normalized spacial score (nSPS) is 18.1. The number of nitrogens with zero attached hydrogens (tertiary/aromatic N) is 1. The van der Waals surface area contributed by atoms with Gasteiger partial charge in [-0.3, -0.25) is 0 Å². The Morgan fingerprint density at radius 2 is 2.24 bits per heavy atom. The predicted molar refractivity (Wildman–Crippen MR) is 79.7 cm³/mol. The number of hydrogen-bond acceptors (Lipinski definition) is 4. The van der Waals surface area contributed by atoms with E-state index in [1.165, 1.54) is 17.4 Å². The van der Waals surface area contributed by atoms with Crippen LogP contribution in [0.5, 0.6) is 0 Å². The summed E-state index contributed by atoms with van der Waals surface area (Å²) in [5.74, 6) is -1.70. The van der Waals surface area contributed by atoms with E-state index in [0.29, 0.717) is 11.3 Å². The maximum atomic E-state index is 13.3. The van der Waals surface area contributed by atoms with Crippen LogP contribution in [0.4, 0.5) is 13.9 Å². The molecule has 1 fully saturated rings. The second kappa shape index (κ2) is 6.07. The summed E-state index contributed by atoms with van der Waals surface area (Å²) in [5.41, 5.74) is 1.28. The second-order valence-corrected chi connectivity index (χ2v) is 6.27. The van der Waals surface area contributed by atoms with Crippen LogP contribution in [0.2, 0.25) is 0 Å². The highest BCUT2D eigenvalue weighted by Gasteiger charge is 2.17. The van der Waals surface area contributed by atoms with Crippen LogP contribution in [-0.4, -0.2) is 24.2 Å². The molecule has 1 aliphatic rings. The first-order chi connectivity index (χ1) is 10.1. The number of nitrogens with one attached hydrogen (secondary N) is 1. The molecule has 0 unspecified atom stereocenters. The van der Waals surface area contributed by atoms with E-state index >= 15 is 0 Å². The summed E-state index contributed by atoms with van der Waals surface area (Å²) in [6, 6.07) is 3.86. The van der Waals surface area contributed by atoms with Gasteiger partial charge in [0.2, 0.25) is 0 Å². The Hall–Kier alpha value is -1.53. The third-order valence-corrected chi connectivity index (χ3v) is 4.42. The highest BCUT2D eigenvalue weighted by atomic mass is 32.1. The van der Waals surface area contributed by atoms with Gasteiger partial charge in [-0.05, 0) is 38.0 Å². The van der Waals surface area contributed by atoms with Crippen molar-refractivity contribution in [2.45, 2.75) is 25.9 Å². The van der Waals surface area contributed by atoms with Crippen LogP contribution in [0.3, 0.4) is 0 Å². The van der Waals surface area contributed by atoms with Crippen molar-refractivity contribution in [3.63, 3.8) is 0 Å². The van der Waals surface area contributed by atoms with E-state index in [1.807, 2.05) is 6.92 Å². The molecule has 0 aliphatic carbocycles. The van der Waals surface area contributed by atoms with Gasteiger partial charge in [-0.25, -0.2) is 13.8 Å². The van der Waals surface area contributed by atoms with Crippen LogP contribution in [0.15, 0.2) is 18.2 Å². The van der Waals surface area contributed by atoms with Gasteiger partial charge in [-0.15, -0.1) is 11.3 Å². The number of ether oxygens (including phenoxy) is 1. The van der Waals surface area contributed by atoms with E-state index in [9.17, 15) is 8.78 Å². The smallest absolute Gasteiger partial charge is 0.183 e. The summed E-state index contributed by atoms with van der Waals surface area (Å²) in [5, 5.41) is 4.04. The largest absolute Gasteiger partial charge is 0.376 e. The zero-order chi connectivity index (χ0) is 14.8. The molecule has 6 heteroatoms. The van der Waals surface area contributed by atoms with Crippen LogP contribution in [0, 0.1) is 18.6 Å². The van der Waals surface area contributed by atoms with Crippen molar-refractivity contribution in [2.24, 2.45) is 0 Å². The lowest BCUT2D eigenvalue weighted by Crippen LogP contribution is -2.18. The first kappa shape index (κ1) is 14.4. The van der Waals surface area contributed by atoms with Crippen LogP contribution >= 0.6 is 11.3 Å². The van der Waals surface area contributed by atoms with Crippen molar-refractivity contribution in [3.05, 3.63) is 34.7 Å². The number of halogens is 2. The quantitative estimate of drug-likeness (QED) is 0.927. The molecule has 1 N–H and O–H groups in total. The topological polar surface area (TPSA) is 34.1 Å². The fourth-order valence-electron chi connectivity index (χ4n) is 2.39. The maximum Gasteiger partial charge on any atom is 0.183 e.